The second-order valence-corrected chi connectivity index (χ2v) is 10.5. The molecule has 0 saturated carbocycles. The topological polar surface area (TPSA) is 79.5 Å². The summed E-state index contributed by atoms with van der Waals surface area (Å²) in [5.74, 6) is 1.68. The van der Waals surface area contributed by atoms with Crippen molar-refractivity contribution in [2.24, 2.45) is 0 Å². The molecule has 6 rings (SSSR count). The van der Waals surface area contributed by atoms with Crippen LogP contribution in [0.15, 0.2) is 87.8 Å². The maximum Gasteiger partial charge on any atom is 0.249 e. The van der Waals surface area contributed by atoms with Crippen molar-refractivity contribution in [1.82, 2.24) is 9.97 Å². The number of H-pyrrole nitrogens is 1. The van der Waals surface area contributed by atoms with Crippen molar-refractivity contribution in [2.45, 2.75) is 35.8 Å². The lowest BCUT2D eigenvalue weighted by molar-refractivity contribution is 0.0383. The largest absolute Gasteiger partial charge is 0.455 e. The van der Waals surface area contributed by atoms with Crippen LogP contribution in [0.2, 0.25) is 0 Å². The Morgan fingerprint density at radius 2 is 2.05 bits per heavy atom. The summed E-state index contributed by atoms with van der Waals surface area (Å²) in [7, 11) is 0. The number of anilines is 2. The van der Waals surface area contributed by atoms with Crippen LogP contribution in [0.3, 0.4) is 0 Å². The molecule has 1 fully saturated rings. The summed E-state index contributed by atoms with van der Waals surface area (Å²) in [4.78, 5) is 23.1. The van der Waals surface area contributed by atoms with Crippen molar-refractivity contribution in [3.05, 3.63) is 100 Å². The summed E-state index contributed by atoms with van der Waals surface area (Å²) in [6.07, 6.45) is 5.30. The van der Waals surface area contributed by atoms with Gasteiger partial charge in [0.15, 0.2) is 0 Å². The van der Waals surface area contributed by atoms with Gasteiger partial charge in [-0.3, -0.25) is 9.78 Å². The first-order chi connectivity index (χ1) is 18.0. The standard InChI is InChI=1S/C29H28N4O3S/c1-18-12-20(16-30-15-18)19(2)32-21-6-7-24-27(13-21)37-26-5-3-4-23(29(26)36-24)25-17-33(10-11-35-25)22-8-9-31-28(34)14-22/h3-9,12-16,19,25,32H,10-11,17H2,1-2H3,(H,31,34). The van der Waals surface area contributed by atoms with E-state index in [0.29, 0.717) is 13.2 Å². The lowest BCUT2D eigenvalue weighted by Crippen LogP contribution is -2.39. The van der Waals surface area contributed by atoms with Crippen molar-refractivity contribution in [2.75, 3.05) is 29.9 Å². The molecule has 4 heterocycles. The molecule has 0 bridgehead atoms. The van der Waals surface area contributed by atoms with Gasteiger partial charge in [0.25, 0.3) is 0 Å². The van der Waals surface area contributed by atoms with E-state index < -0.39 is 0 Å². The third-order valence-corrected chi connectivity index (χ3v) is 7.78. The van der Waals surface area contributed by atoms with Gasteiger partial charge in [0.2, 0.25) is 5.56 Å². The molecule has 4 aromatic rings. The molecule has 7 nitrogen and oxygen atoms in total. The fourth-order valence-electron chi connectivity index (χ4n) is 4.82. The van der Waals surface area contributed by atoms with Crippen molar-refractivity contribution in [1.29, 1.82) is 0 Å². The van der Waals surface area contributed by atoms with Crippen LogP contribution < -0.4 is 20.5 Å². The van der Waals surface area contributed by atoms with Gasteiger partial charge in [-0.1, -0.05) is 30.0 Å². The molecule has 2 aromatic carbocycles. The highest BCUT2D eigenvalue weighted by atomic mass is 32.2. The molecule has 188 valence electrons. The molecule has 0 aliphatic carbocycles. The van der Waals surface area contributed by atoms with E-state index in [1.54, 1.807) is 24.0 Å². The van der Waals surface area contributed by atoms with Gasteiger partial charge < -0.3 is 24.7 Å². The van der Waals surface area contributed by atoms with E-state index in [4.69, 9.17) is 9.47 Å². The smallest absolute Gasteiger partial charge is 0.249 e. The van der Waals surface area contributed by atoms with E-state index in [1.165, 1.54) is 0 Å². The Morgan fingerprint density at radius 3 is 2.92 bits per heavy atom. The van der Waals surface area contributed by atoms with Crippen molar-refractivity contribution in [3.8, 4) is 11.5 Å². The van der Waals surface area contributed by atoms with E-state index in [-0.39, 0.29) is 17.7 Å². The first-order valence-electron chi connectivity index (χ1n) is 12.4. The minimum atomic E-state index is -0.158. The predicted molar refractivity (Wildman–Crippen MR) is 146 cm³/mol. The molecule has 2 N–H and O–H groups in total. The maximum absolute atomic E-state index is 11.8. The summed E-state index contributed by atoms with van der Waals surface area (Å²) in [6, 6.07) is 18.3. The van der Waals surface area contributed by atoms with Crippen LogP contribution in [0.4, 0.5) is 11.4 Å². The molecule has 1 saturated heterocycles. The number of hydrogen-bond acceptors (Lipinski definition) is 7. The summed E-state index contributed by atoms with van der Waals surface area (Å²) in [5, 5.41) is 3.59. The number of pyridine rings is 2. The van der Waals surface area contributed by atoms with Gasteiger partial charge in [-0.15, -0.1) is 0 Å². The van der Waals surface area contributed by atoms with Crippen LogP contribution in [0.5, 0.6) is 11.5 Å². The molecule has 0 amide bonds. The van der Waals surface area contributed by atoms with Gasteiger partial charge in [-0.25, -0.2) is 0 Å². The number of hydrogen-bond donors (Lipinski definition) is 2. The highest BCUT2D eigenvalue weighted by molar-refractivity contribution is 7.99. The van der Waals surface area contributed by atoms with E-state index in [9.17, 15) is 4.79 Å². The third kappa shape index (κ3) is 4.95. The number of aromatic amines is 1. The number of ether oxygens (including phenoxy) is 2. The second kappa shape index (κ2) is 9.95. The molecule has 2 aliphatic heterocycles. The number of nitrogens with zero attached hydrogens (tertiary/aromatic N) is 2. The average Bonchev–Trinajstić information content (AvgIpc) is 2.91. The first-order valence-corrected chi connectivity index (χ1v) is 13.2. The molecule has 2 unspecified atom stereocenters. The molecule has 0 spiro atoms. The van der Waals surface area contributed by atoms with Crippen LogP contribution in [-0.2, 0) is 4.74 Å². The monoisotopic (exact) mass is 512 g/mol. The van der Waals surface area contributed by atoms with Gasteiger partial charge in [-0.2, -0.15) is 0 Å². The van der Waals surface area contributed by atoms with Gasteiger partial charge in [0.1, 0.15) is 17.6 Å². The zero-order valence-corrected chi connectivity index (χ0v) is 21.5. The Balaban J connectivity index is 1.22. The number of rotatable bonds is 5. The molecule has 0 radical (unpaired) electrons. The zero-order valence-electron chi connectivity index (χ0n) is 20.7. The van der Waals surface area contributed by atoms with Crippen LogP contribution in [0.25, 0.3) is 0 Å². The van der Waals surface area contributed by atoms with Crippen LogP contribution in [0.1, 0.15) is 35.8 Å². The van der Waals surface area contributed by atoms with Gasteiger partial charge in [0, 0.05) is 54.7 Å². The third-order valence-electron chi connectivity index (χ3n) is 6.70. The van der Waals surface area contributed by atoms with E-state index >= 15 is 0 Å². The molecule has 37 heavy (non-hydrogen) atoms. The van der Waals surface area contributed by atoms with E-state index in [0.717, 1.165) is 55.9 Å². The molecule has 8 heteroatoms. The van der Waals surface area contributed by atoms with Crippen LogP contribution in [-0.4, -0.2) is 29.7 Å². The Hall–Kier alpha value is -3.75. The Labute approximate surface area is 219 Å². The number of aryl methyl sites for hydroxylation is 1. The fraction of sp³-hybridized carbons (Fsp3) is 0.241. The summed E-state index contributed by atoms with van der Waals surface area (Å²) >= 11 is 1.71. The SMILES string of the molecule is Cc1cncc(C(C)Nc2ccc3c(c2)Sc2cccc(C4CN(c5cc[nH]c(=O)c5)CCO4)c2O3)c1. The first kappa shape index (κ1) is 23.6. The van der Waals surface area contributed by atoms with Crippen molar-refractivity contribution < 1.29 is 9.47 Å². The highest BCUT2D eigenvalue weighted by Gasteiger charge is 2.29. The summed E-state index contributed by atoms with van der Waals surface area (Å²) < 4.78 is 12.7. The average molecular weight is 513 g/mol. The van der Waals surface area contributed by atoms with Crippen molar-refractivity contribution >= 4 is 23.1 Å². The normalized spacial score (nSPS) is 17.4. The van der Waals surface area contributed by atoms with Gasteiger partial charge >= 0.3 is 0 Å². The Morgan fingerprint density at radius 1 is 1.14 bits per heavy atom. The van der Waals surface area contributed by atoms with Crippen LogP contribution in [0, 0.1) is 6.92 Å². The molecular formula is C29H28N4O3S. The van der Waals surface area contributed by atoms with Gasteiger partial charge in [-0.05, 0) is 55.3 Å². The molecule has 2 aromatic heterocycles. The molecule has 2 aliphatic rings. The zero-order chi connectivity index (χ0) is 25.4. The fourth-order valence-corrected chi connectivity index (χ4v) is 5.85. The van der Waals surface area contributed by atoms with E-state index in [1.807, 2.05) is 24.5 Å². The lowest BCUT2D eigenvalue weighted by atomic mass is 10.1. The van der Waals surface area contributed by atoms with Gasteiger partial charge in [0.05, 0.1) is 22.4 Å². The summed E-state index contributed by atoms with van der Waals surface area (Å²) in [5.41, 5.74) is 5.15. The van der Waals surface area contributed by atoms with Crippen LogP contribution >= 0.6 is 11.8 Å². The highest BCUT2D eigenvalue weighted by Crippen LogP contribution is 2.51. The lowest BCUT2D eigenvalue weighted by Gasteiger charge is -2.35. The maximum atomic E-state index is 11.8. The minimum absolute atomic E-state index is 0.104. The summed E-state index contributed by atoms with van der Waals surface area (Å²) in [6.45, 7) is 6.16. The number of morpholine rings is 1. The predicted octanol–water partition coefficient (Wildman–Crippen LogP) is 6.09. The van der Waals surface area contributed by atoms with Crippen molar-refractivity contribution in [3.63, 3.8) is 0 Å². The quantitative estimate of drug-likeness (QED) is 0.295. The number of fused-ring (bicyclic) bond motifs is 2. The Bertz CT molecular complexity index is 1500. The number of benzene rings is 2. The molecule has 2 atom stereocenters. The van der Waals surface area contributed by atoms with E-state index in [2.05, 4.69) is 70.4 Å². The molecular weight excluding hydrogens is 484 g/mol. The Kier molecular flexibility index (Phi) is 6.36. The number of nitrogens with one attached hydrogen (secondary N) is 2. The number of para-hydroxylation sites is 1. The number of aromatic nitrogens is 2. The second-order valence-electron chi connectivity index (χ2n) is 9.42. The minimum Gasteiger partial charge on any atom is -0.455 e.